The van der Waals surface area contributed by atoms with Gasteiger partial charge in [-0.15, -0.1) is 0 Å². The third kappa shape index (κ3) is 5.73. The second kappa shape index (κ2) is 8.83. The molecule has 0 spiro atoms. The molecule has 0 fully saturated rings. The lowest BCUT2D eigenvalue weighted by molar-refractivity contribution is -0.113. The predicted octanol–water partition coefficient (Wildman–Crippen LogP) is 5.39. The second-order valence-electron chi connectivity index (χ2n) is 5.81. The molecule has 25 heavy (non-hydrogen) atoms. The van der Waals surface area contributed by atoms with Gasteiger partial charge in [-0.25, -0.2) is 9.38 Å². The standard InChI is InChI=1S/C18H18Cl2FN3O/c1-11(2)9-17(25)18(22-16-8-7-12(19)10-14(16)21)24-23-15-6-4-3-5-13(15)20/h3-8,10-11,23H,9H2,1-2H3,(H,22,24). The lowest BCUT2D eigenvalue weighted by Gasteiger charge is -2.14. The average Bonchev–Trinajstić information content (AvgIpc) is 2.54. The molecule has 0 radical (unpaired) electrons. The average molecular weight is 382 g/mol. The summed E-state index contributed by atoms with van der Waals surface area (Å²) in [4.78, 5) is 16.5. The van der Waals surface area contributed by atoms with Crippen LogP contribution in [0.4, 0.5) is 15.8 Å². The molecule has 0 aliphatic carbocycles. The highest BCUT2D eigenvalue weighted by Gasteiger charge is 2.15. The fourth-order valence-corrected chi connectivity index (χ4v) is 2.35. The van der Waals surface area contributed by atoms with Crippen LogP contribution in [0, 0.1) is 11.7 Å². The Balaban J connectivity index is 2.27. The monoisotopic (exact) mass is 381 g/mol. The summed E-state index contributed by atoms with van der Waals surface area (Å²) in [7, 11) is 0. The molecule has 2 aromatic carbocycles. The quantitative estimate of drug-likeness (QED) is 0.400. The number of rotatable bonds is 6. The van der Waals surface area contributed by atoms with E-state index in [-0.39, 0.29) is 34.7 Å². The van der Waals surface area contributed by atoms with Crippen molar-refractivity contribution in [3.05, 3.63) is 58.3 Å². The van der Waals surface area contributed by atoms with Crippen molar-refractivity contribution in [1.29, 1.82) is 0 Å². The summed E-state index contributed by atoms with van der Waals surface area (Å²) in [6.07, 6.45) is 0.269. The molecule has 0 saturated heterocycles. The van der Waals surface area contributed by atoms with E-state index in [0.29, 0.717) is 10.7 Å². The molecular formula is C18H18Cl2FN3O. The maximum atomic E-state index is 14.0. The Bertz CT molecular complexity index is 794. The Kier molecular flexibility index (Phi) is 6.79. The largest absolute Gasteiger partial charge is 0.298 e. The van der Waals surface area contributed by atoms with Crippen LogP contribution in [-0.2, 0) is 4.79 Å². The molecule has 0 aliphatic rings. The van der Waals surface area contributed by atoms with Gasteiger partial charge in [-0.3, -0.25) is 15.6 Å². The molecule has 0 amide bonds. The number of anilines is 1. The molecule has 0 aromatic heterocycles. The van der Waals surface area contributed by atoms with Crippen LogP contribution in [0.1, 0.15) is 20.3 Å². The number of hydrogen-bond donors (Lipinski definition) is 2. The van der Waals surface area contributed by atoms with Crippen molar-refractivity contribution < 1.29 is 9.18 Å². The number of halogens is 3. The summed E-state index contributed by atoms with van der Waals surface area (Å²) < 4.78 is 14.0. The van der Waals surface area contributed by atoms with E-state index in [9.17, 15) is 9.18 Å². The van der Waals surface area contributed by atoms with Gasteiger partial charge in [0.1, 0.15) is 11.5 Å². The molecule has 4 nitrogen and oxygen atoms in total. The second-order valence-corrected chi connectivity index (χ2v) is 6.65. The number of ketones is 1. The molecule has 0 bridgehead atoms. The molecule has 0 atom stereocenters. The van der Waals surface area contributed by atoms with Gasteiger partial charge in [0.15, 0.2) is 11.6 Å². The zero-order valence-electron chi connectivity index (χ0n) is 13.8. The van der Waals surface area contributed by atoms with E-state index in [4.69, 9.17) is 23.2 Å². The van der Waals surface area contributed by atoms with E-state index in [1.807, 2.05) is 13.8 Å². The fourth-order valence-electron chi connectivity index (χ4n) is 2.01. The molecule has 2 N–H and O–H groups in total. The Labute approximate surface area is 156 Å². The Morgan fingerprint density at radius 3 is 2.56 bits per heavy atom. The lowest BCUT2D eigenvalue weighted by Crippen LogP contribution is -2.36. The number of hydrogen-bond acceptors (Lipinski definition) is 3. The first-order valence-corrected chi connectivity index (χ1v) is 8.46. The number of carbonyl (C=O) groups excluding carboxylic acids is 1. The van der Waals surface area contributed by atoms with Crippen molar-refractivity contribution in [3.63, 3.8) is 0 Å². The Morgan fingerprint density at radius 1 is 1.20 bits per heavy atom. The maximum absolute atomic E-state index is 14.0. The van der Waals surface area contributed by atoms with E-state index in [0.717, 1.165) is 6.07 Å². The normalized spacial score (nSPS) is 11.5. The van der Waals surface area contributed by atoms with Crippen LogP contribution in [-0.4, -0.2) is 11.6 Å². The first kappa shape index (κ1) is 19.2. The van der Waals surface area contributed by atoms with Crippen LogP contribution in [0.15, 0.2) is 47.5 Å². The molecule has 0 unspecified atom stereocenters. The zero-order valence-corrected chi connectivity index (χ0v) is 15.3. The minimum Gasteiger partial charge on any atom is -0.298 e. The number of Topliss-reactive ketones (excluding diaryl/α,β-unsaturated/α-hetero) is 1. The van der Waals surface area contributed by atoms with Crippen LogP contribution < -0.4 is 10.9 Å². The SMILES string of the molecule is CC(C)CC(=O)C(=Nc1ccc(Cl)cc1F)NNc1ccccc1Cl. The minimum atomic E-state index is -0.609. The number of benzene rings is 2. The van der Waals surface area contributed by atoms with Gasteiger partial charge >= 0.3 is 0 Å². The number of carbonyl (C=O) groups is 1. The van der Waals surface area contributed by atoms with Gasteiger partial charge in [0.25, 0.3) is 0 Å². The van der Waals surface area contributed by atoms with Crippen molar-refractivity contribution >= 4 is 46.2 Å². The zero-order chi connectivity index (χ0) is 18.4. The fraction of sp³-hybridized carbons (Fsp3) is 0.222. The first-order valence-electron chi connectivity index (χ1n) is 7.70. The maximum Gasteiger partial charge on any atom is 0.199 e. The minimum absolute atomic E-state index is 0.00478. The van der Waals surface area contributed by atoms with Gasteiger partial charge in [0.05, 0.1) is 10.7 Å². The highest BCUT2D eigenvalue weighted by molar-refractivity contribution is 6.39. The van der Waals surface area contributed by atoms with E-state index in [1.165, 1.54) is 12.1 Å². The van der Waals surface area contributed by atoms with Crippen molar-refractivity contribution in [2.75, 3.05) is 5.43 Å². The van der Waals surface area contributed by atoms with E-state index in [2.05, 4.69) is 15.8 Å². The number of hydrazine groups is 1. The van der Waals surface area contributed by atoms with Crippen molar-refractivity contribution in [2.45, 2.75) is 20.3 Å². The summed E-state index contributed by atoms with van der Waals surface area (Å²) >= 11 is 11.8. The van der Waals surface area contributed by atoms with E-state index >= 15 is 0 Å². The molecule has 2 rings (SSSR count). The topological polar surface area (TPSA) is 53.5 Å². The molecule has 0 saturated carbocycles. The van der Waals surface area contributed by atoms with Gasteiger partial charge in [-0.1, -0.05) is 49.2 Å². The van der Waals surface area contributed by atoms with Crippen molar-refractivity contribution in [1.82, 2.24) is 5.43 Å². The molecular weight excluding hydrogens is 364 g/mol. The number of nitrogens with one attached hydrogen (secondary N) is 2. The molecule has 7 heteroatoms. The van der Waals surface area contributed by atoms with Gasteiger partial charge in [-0.2, -0.15) is 0 Å². The number of aliphatic imine (C=N–C) groups is 1. The molecule has 0 heterocycles. The lowest BCUT2D eigenvalue weighted by atomic mass is 10.1. The van der Waals surface area contributed by atoms with Gasteiger partial charge in [-0.05, 0) is 36.2 Å². The van der Waals surface area contributed by atoms with Gasteiger partial charge < -0.3 is 0 Å². The number of para-hydroxylation sites is 1. The van der Waals surface area contributed by atoms with Gasteiger partial charge in [0.2, 0.25) is 0 Å². The van der Waals surface area contributed by atoms with Crippen molar-refractivity contribution in [2.24, 2.45) is 10.9 Å². The Hall–Kier alpha value is -2.11. The van der Waals surface area contributed by atoms with E-state index < -0.39 is 5.82 Å². The summed E-state index contributed by atoms with van der Waals surface area (Å²) in [6, 6.07) is 11.1. The predicted molar refractivity (Wildman–Crippen MR) is 101 cm³/mol. The van der Waals surface area contributed by atoms with Crippen LogP contribution in [0.3, 0.4) is 0 Å². The van der Waals surface area contributed by atoms with Crippen LogP contribution in [0.5, 0.6) is 0 Å². The Morgan fingerprint density at radius 2 is 1.92 bits per heavy atom. The van der Waals surface area contributed by atoms with Crippen LogP contribution in [0.25, 0.3) is 0 Å². The highest BCUT2D eigenvalue weighted by Crippen LogP contribution is 2.22. The third-order valence-electron chi connectivity index (χ3n) is 3.19. The molecule has 2 aromatic rings. The number of amidine groups is 1. The highest BCUT2D eigenvalue weighted by atomic mass is 35.5. The van der Waals surface area contributed by atoms with Gasteiger partial charge in [0, 0.05) is 11.4 Å². The summed E-state index contributed by atoms with van der Waals surface area (Å²) in [5.41, 5.74) is 6.17. The first-order chi connectivity index (χ1) is 11.9. The summed E-state index contributed by atoms with van der Waals surface area (Å²) in [5.74, 6) is -0.726. The van der Waals surface area contributed by atoms with Crippen molar-refractivity contribution in [3.8, 4) is 0 Å². The molecule has 0 aliphatic heterocycles. The van der Waals surface area contributed by atoms with E-state index in [1.54, 1.807) is 24.3 Å². The summed E-state index contributed by atoms with van der Waals surface area (Å²) in [6.45, 7) is 3.83. The third-order valence-corrected chi connectivity index (χ3v) is 3.75. The molecule has 132 valence electrons. The smallest absolute Gasteiger partial charge is 0.199 e. The number of nitrogens with zero attached hydrogens (tertiary/aromatic N) is 1. The summed E-state index contributed by atoms with van der Waals surface area (Å²) in [5, 5.41) is 0.733. The van der Waals surface area contributed by atoms with Crippen LogP contribution >= 0.6 is 23.2 Å². The van der Waals surface area contributed by atoms with Crippen LogP contribution in [0.2, 0.25) is 10.0 Å².